The number of halogens is 1. The van der Waals surface area contributed by atoms with Gasteiger partial charge in [-0.3, -0.25) is 4.79 Å². The molecule has 0 saturated heterocycles. The van der Waals surface area contributed by atoms with Crippen molar-refractivity contribution in [1.29, 1.82) is 0 Å². The average Bonchev–Trinajstić information content (AvgIpc) is 2.82. The van der Waals surface area contributed by atoms with Crippen molar-refractivity contribution in [2.45, 2.75) is 0 Å². The van der Waals surface area contributed by atoms with Crippen LogP contribution >= 0.6 is 15.9 Å². The molecule has 0 unspecified atom stereocenters. The molecule has 2 heterocycles. The number of nitrogens with one attached hydrogen (secondary N) is 1. The van der Waals surface area contributed by atoms with Crippen molar-refractivity contribution in [3.8, 4) is 0 Å². The van der Waals surface area contributed by atoms with Crippen molar-refractivity contribution >= 4 is 38.6 Å². The number of benzene rings is 1. The number of para-hydroxylation sites is 1. The van der Waals surface area contributed by atoms with Crippen LogP contribution in [0.1, 0.15) is 10.6 Å². The molecule has 0 aliphatic rings. The third kappa shape index (κ3) is 2.51. The summed E-state index contributed by atoms with van der Waals surface area (Å²) in [7, 11) is 0. The fraction of sp³-hybridized carbons (Fsp3) is 0. The van der Waals surface area contributed by atoms with Gasteiger partial charge in [-0.1, -0.05) is 24.3 Å². The molecule has 1 amide bonds. The van der Waals surface area contributed by atoms with Crippen LogP contribution in [0.5, 0.6) is 0 Å². The summed E-state index contributed by atoms with van der Waals surface area (Å²) in [6, 6.07) is 14.5. The summed E-state index contributed by atoms with van der Waals surface area (Å²) in [5.74, 6) is 0.421. The Morgan fingerprint density at radius 3 is 2.79 bits per heavy atom. The van der Waals surface area contributed by atoms with Gasteiger partial charge in [0.2, 0.25) is 0 Å². The molecule has 1 aromatic carbocycles. The minimum atomic E-state index is -0.318. The van der Waals surface area contributed by atoms with Crippen molar-refractivity contribution in [1.82, 2.24) is 4.98 Å². The Hall–Kier alpha value is -2.14. The van der Waals surface area contributed by atoms with Crippen LogP contribution in [0, 0.1) is 0 Å². The molecule has 0 spiro atoms. The molecule has 1 N–H and O–H groups in total. The Bertz CT molecular complexity index is 719. The maximum Gasteiger partial charge on any atom is 0.292 e. The number of furan rings is 1. The molecule has 0 bridgehead atoms. The zero-order valence-corrected chi connectivity index (χ0v) is 11.3. The number of fused-ring (bicyclic) bond motifs is 1. The second-order valence-electron chi connectivity index (χ2n) is 3.95. The first-order valence-electron chi connectivity index (χ1n) is 5.65. The van der Waals surface area contributed by atoms with Gasteiger partial charge >= 0.3 is 0 Å². The van der Waals surface area contributed by atoms with Crippen LogP contribution in [0.15, 0.2) is 57.6 Å². The lowest BCUT2D eigenvalue weighted by Crippen LogP contribution is -2.11. The molecular weight excluding hydrogens is 308 g/mol. The van der Waals surface area contributed by atoms with Crippen LogP contribution in [-0.2, 0) is 0 Å². The fourth-order valence-electron chi connectivity index (χ4n) is 1.75. The molecular formula is C14H9BrN2O2. The molecule has 94 valence electrons. The first-order valence-corrected chi connectivity index (χ1v) is 6.44. The van der Waals surface area contributed by atoms with Crippen LogP contribution < -0.4 is 5.32 Å². The summed E-state index contributed by atoms with van der Waals surface area (Å²) in [5.41, 5.74) is 0.690. The second kappa shape index (κ2) is 4.85. The van der Waals surface area contributed by atoms with Gasteiger partial charge in [0, 0.05) is 5.39 Å². The molecule has 4 nitrogen and oxygen atoms in total. The summed E-state index contributed by atoms with van der Waals surface area (Å²) in [6.07, 6.45) is 0. The van der Waals surface area contributed by atoms with Crippen molar-refractivity contribution in [2.24, 2.45) is 0 Å². The Balaban J connectivity index is 1.87. The number of carbonyl (C=O) groups is 1. The van der Waals surface area contributed by atoms with Gasteiger partial charge in [0.25, 0.3) is 5.91 Å². The van der Waals surface area contributed by atoms with E-state index in [1.165, 1.54) is 0 Å². The number of hydrogen-bond acceptors (Lipinski definition) is 3. The lowest BCUT2D eigenvalue weighted by molar-refractivity contribution is 0.0998. The predicted octanol–water partition coefficient (Wildman–Crippen LogP) is 3.84. The number of aromatic nitrogens is 1. The Kier molecular flexibility index (Phi) is 3.05. The van der Waals surface area contributed by atoms with E-state index in [2.05, 4.69) is 26.2 Å². The molecule has 0 fully saturated rings. The standard InChI is InChI=1S/C14H9BrN2O2/c15-12-6-3-7-13(16-12)17-14(18)11-8-9-4-1-2-5-10(9)19-11/h1-8H,(H,16,17,18). The molecule has 3 aromatic rings. The van der Waals surface area contributed by atoms with E-state index < -0.39 is 0 Å². The molecule has 2 aromatic heterocycles. The van der Waals surface area contributed by atoms with Crippen molar-refractivity contribution in [3.05, 3.63) is 58.9 Å². The van der Waals surface area contributed by atoms with Crippen LogP contribution in [-0.4, -0.2) is 10.9 Å². The van der Waals surface area contributed by atoms with E-state index in [-0.39, 0.29) is 11.7 Å². The average molecular weight is 317 g/mol. The van der Waals surface area contributed by atoms with Crippen molar-refractivity contribution in [2.75, 3.05) is 5.32 Å². The third-order valence-corrected chi connectivity index (χ3v) is 3.05. The van der Waals surface area contributed by atoms with Crippen LogP contribution in [0.4, 0.5) is 5.82 Å². The summed E-state index contributed by atoms with van der Waals surface area (Å²) < 4.78 is 6.14. The summed E-state index contributed by atoms with van der Waals surface area (Å²) in [6.45, 7) is 0. The van der Waals surface area contributed by atoms with E-state index in [1.807, 2.05) is 24.3 Å². The highest BCUT2D eigenvalue weighted by Gasteiger charge is 2.12. The van der Waals surface area contributed by atoms with Crippen LogP contribution in [0.2, 0.25) is 0 Å². The third-order valence-electron chi connectivity index (χ3n) is 2.61. The Labute approximate surface area is 117 Å². The smallest absolute Gasteiger partial charge is 0.292 e. The van der Waals surface area contributed by atoms with Crippen LogP contribution in [0.25, 0.3) is 11.0 Å². The minimum absolute atomic E-state index is 0.267. The molecule has 0 saturated carbocycles. The van der Waals surface area contributed by atoms with Gasteiger partial charge in [0.15, 0.2) is 5.76 Å². The minimum Gasteiger partial charge on any atom is -0.451 e. The number of rotatable bonds is 2. The maximum absolute atomic E-state index is 12.0. The summed E-state index contributed by atoms with van der Waals surface area (Å²) in [4.78, 5) is 16.2. The van der Waals surface area contributed by atoms with E-state index in [0.717, 1.165) is 5.39 Å². The van der Waals surface area contributed by atoms with Gasteiger partial charge in [-0.25, -0.2) is 4.98 Å². The normalized spacial score (nSPS) is 10.6. The number of pyridine rings is 1. The van der Waals surface area contributed by atoms with E-state index >= 15 is 0 Å². The number of hydrogen-bond donors (Lipinski definition) is 1. The maximum atomic E-state index is 12.0. The first-order chi connectivity index (χ1) is 9.22. The molecule has 0 atom stereocenters. The molecule has 0 aliphatic heterocycles. The SMILES string of the molecule is O=C(Nc1cccc(Br)n1)c1cc2ccccc2o1. The lowest BCUT2D eigenvalue weighted by Gasteiger charge is -2.01. The second-order valence-corrected chi connectivity index (χ2v) is 4.76. The number of nitrogens with zero attached hydrogens (tertiary/aromatic N) is 1. The van der Waals surface area contributed by atoms with E-state index in [1.54, 1.807) is 24.3 Å². The van der Waals surface area contributed by atoms with Gasteiger partial charge in [-0.15, -0.1) is 0 Å². The topological polar surface area (TPSA) is 55.1 Å². The molecule has 5 heteroatoms. The monoisotopic (exact) mass is 316 g/mol. The lowest BCUT2D eigenvalue weighted by atomic mass is 10.2. The summed E-state index contributed by atoms with van der Waals surface area (Å²) in [5, 5.41) is 3.58. The van der Waals surface area contributed by atoms with Gasteiger partial charge in [-0.2, -0.15) is 0 Å². The zero-order valence-electron chi connectivity index (χ0n) is 9.76. The summed E-state index contributed by atoms with van der Waals surface area (Å²) >= 11 is 3.25. The molecule has 19 heavy (non-hydrogen) atoms. The highest BCUT2D eigenvalue weighted by molar-refractivity contribution is 9.10. The zero-order chi connectivity index (χ0) is 13.2. The molecule has 0 aliphatic carbocycles. The fourth-order valence-corrected chi connectivity index (χ4v) is 2.09. The number of amides is 1. The van der Waals surface area contributed by atoms with Gasteiger partial charge < -0.3 is 9.73 Å². The highest BCUT2D eigenvalue weighted by atomic mass is 79.9. The Morgan fingerprint density at radius 2 is 2.00 bits per heavy atom. The first kappa shape index (κ1) is 11.9. The van der Waals surface area contributed by atoms with Crippen molar-refractivity contribution in [3.63, 3.8) is 0 Å². The van der Waals surface area contributed by atoms with E-state index in [9.17, 15) is 4.79 Å². The van der Waals surface area contributed by atoms with Gasteiger partial charge in [-0.05, 0) is 40.2 Å². The predicted molar refractivity (Wildman–Crippen MR) is 76.1 cm³/mol. The van der Waals surface area contributed by atoms with E-state index in [0.29, 0.717) is 16.0 Å². The number of carbonyl (C=O) groups excluding carboxylic acids is 1. The quantitative estimate of drug-likeness (QED) is 0.731. The van der Waals surface area contributed by atoms with Gasteiger partial charge in [0.1, 0.15) is 16.0 Å². The van der Waals surface area contributed by atoms with Gasteiger partial charge in [0.05, 0.1) is 0 Å². The Morgan fingerprint density at radius 1 is 1.16 bits per heavy atom. The van der Waals surface area contributed by atoms with Crippen molar-refractivity contribution < 1.29 is 9.21 Å². The van der Waals surface area contributed by atoms with Crippen LogP contribution in [0.3, 0.4) is 0 Å². The largest absolute Gasteiger partial charge is 0.451 e. The molecule has 0 radical (unpaired) electrons. The number of anilines is 1. The van der Waals surface area contributed by atoms with E-state index in [4.69, 9.17) is 4.42 Å². The highest BCUT2D eigenvalue weighted by Crippen LogP contribution is 2.19. The molecule has 3 rings (SSSR count).